The Balaban J connectivity index is 2.13. The van der Waals surface area contributed by atoms with Gasteiger partial charge in [-0.2, -0.15) is 0 Å². The number of aliphatic hydroxyl groups is 1. The van der Waals surface area contributed by atoms with Crippen LogP contribution in [0.25, 0.3) is 0 Å². The molecule has 0 fully saturated rings. The molecule has 1 amide bonds. The van der Waals surface area contributed by atoms with Crippen LogP contribution in [0, 0.1) is 6.92 Å². The third-order valence-corrected chi connectivity index (χ3v) is 5.63. The second-order valence-electron chi connectivity index (χ2n) is 6.14. The summed E-state index contributed by atoms with van der Waals surface area (Å²) in [4.78, 5) is 11.2. The van der Waals surface area contributed by atoms with Gasteiger partial charge in [0.1, 0.15) is 0 Å². The number of nitrogens with one attached hydrogen (secondary N) is 2. The van der Waals surface area contributed by atoms with E-state index in [2.05, 4.69) is 10.0 Å². The van der Waals surface area contributed by atoms with E-state index in [1.54, 1.807) is 31.2 Å². The maximum Gasteiger partial charge on any atom is 0.240 e. The highest BCUT2D eigenvalue weighted by molar-refractivity contribution is 7.89. The number of anilines is 1. The van der Waals surface area contributed by atoms with Gasteiger partial charge in [-0.25, -0.2) is 13.1 Å². The smallest absolute Gasteiger partial charge is 0.240 e. The van der Waals surface area contributed by atoms with Crippen molar-refractivity contribution in [2.24, 2.45) is 0 Å². The summed E-state index contributed by atoms with van der Waals surface area (Å²) in [6.07, 6.45) is -1.08. The van der Waals surface area contributed by atoms with E-state index >= 15 is 0 Å². The lowest BCUT2D eigenvalue weighted by molar-refractivity contribution is -0.114. The van der Waals surface area contributed by atoms with Gasteiger partial charge in [-0.15, -0.1) is 0 Å². The van der Waals surface area contributed by atoms with E-state index in [1.807, 2.05) is 0 Å². The Kier molecular flexibility index (Phi) is 7.00. The van der Waals surface area contributed by atoms with Gasteiger partial charge in [0.25, 0.3) is 0 Å². The number of benzene rings is 2. The van der Waals surface area contributed by atoms with Crippen molar-refractivity contribution in [3.8, 4) is 11.5 Å². The van der Waals surface area contributed by atoms with Gasteiger partial charge in [-0.1, -0.05) is 6.07 Å². The topological polar surface area (TPSA) is 114 Å². The van der Waals surface area contributed by atoms with Gasteiger partial charge >= 0.3 is 0 Å². The lowest BCUT2D eigenvalue weighted by atomic mass is 10.1. The Hall–Kier alpha value is -2.62. The monoisotopic (exact) mass is 408 g/mol. The quantitative estimate of drug-likeness (QED) is 0.615. The zero-order chi connectivity index (χ0) is 20.9. The van der Waals surface area contributed by atoms with E-state index in [9.17, 15) is 18.3 Å². The highest BCUT2D eigenvalue weighted by Gasteiger charge is 2.20. The minimum atomic E-state index is -3.85. The number of carbonyl (C=O) groups excluding carboxylic acids is 1. The molecule has 0 aromatic heterocycles. The largest absolute Gasteiger partial charge is 0.493 e. The maximum absolute atomic E-state index is 12.6. The molecule has 0 aliphatic rings. The third kappa shape index (κ3) is 5.22. The first-order valence-electron chi connectivity index (χ1n) is 8.46. The van der Waals surface area contributed by atoms with Crippen molar-refractivity contribution in [1.29, 1.82) is 0 Å². The summed E-state index contributed by atoms with van der Waals surface area (Å²) >= 11 is 0. The predicted octanol–water partition coefficient (Wildman–Crippen LogP) is 1.98. The standard InChI is InChI=1S/C19H24N2O6S/c1-12-9-15(21-13(2)22)6-8-19(12)28(24,25)20-11-16(23)14-5-7-17(26-3)18(10-14)27-4/h5-10,16,20,23H,11H2,1-4H3,(H,21,22). The third-order valence-electron chi connectivity index (χ3n) is 4.04. The Morgan fingerprint density at radius 2 is 1.79 bits per heavy atom. The molecular weight excluding hydrogens is 384 g/mol. The molecule has 0 saturated carbocycles. The minimum absolute atomic E-state index is 0.0705. The number of sulfonamides is 1. The Labute approximate surface area is 164 Å². The number of amides is 1. The number of aliphatic hydroxyl groups excluding tert-OH is 1. The van der Waals surface area contributed by atoms with Crippen LogP contribution in [0.2, 0.25) is 0 Å². The van der Waals surface area contributed by atoms with Crippen molar-refractivity contribution in [2.45, 2.75) is 24.8 Å². The van der Waals surface area contributed by atoms with Crippen LogP contribution in [0.3, 0.4) is 0 Å². The normalized spacial score (nSPS) is 12.3. The van der Waals surface area contributed by atoms with Crippen LogP contribution in [-0.2, 0) is 14.8 Å². The van der Waals surface area contributed by atoms with E-state index in [0.717, 1.165) is 0 Å². The van der Waals surface area contributed by atoms with Crippen LogP contribution in [0.15, 0.2) is 41.3 Å². The van der Waals surface area contributed by atoms with E-state index < -0.39 is 16.1 Å². The molecule has 2 aromatic rings. The molecule has 0 bridgehead atoms. The van der Waals surface area contributed by atoms with Gasteiger partial charge in [0.05, 0.1) is 25.2 Å². The van der Waals surface area contributed by atoms with Crippen molar-refractivity contribution in [1.82, 2.24) is 4.72 Å². The van der Waals surface area contributed by atoms with Gasteiger partial charge in [-0.05, 0) is 48.4 Å². The summed E-state index contributed by atoms with van der Waals surface area (Å²) in [5.41, 5.74) is 1.46. The Morgan fingerprint density at radius 3 is 2.36 bits per heavy atom. The van der Waals surface area contributed by atoms with Gasteiger partial charge < -0.3 is 19.9 Å². The molecule has 28 heavy (non-hydrogen) atoms. The Morgan fingerprint density at radius 1 is 1.11 bits per heavy atom. The zero-order valence-electron chi connectivity index (χ0n) is 16.1. The van der Waals surface area contributed by atoms with Crippen molar-refractivity contribution >= 4 is 21.6 Å². The number of methoxy groups -OCH3 is 2. The second kappa shape index (κ2) is 9.05. The number of ether oxygens (including phenoxy) is 2. The zero-order valence-corrected chi connectivity index (χ0v) is 17.0. The highest BCUT2D eigenvalue weighted by Crippen LogP contribution is 2.30. The van der Waals surface area contributed by atoms with E-state index in [4.69, 9.17) is 9.47 Å². The molecular formula is C19H24N2O6S. The van der Waals surface area contributed by atoms with Gasteiger partial charge in [0.15, 0.2) is 11.5 Å². The summed E-state index contributed by atoms with van der Waals surface area (Å²) < 4.78 is 37.9. The first kappa shape index (κ1) is 21.7. The lowest BCUT2D eigenvalue weighted by Gasteiger charge is -2.16. The summed E-state index contributed by atoms with van der Waals surface area (Å²) in [6, 6.07) is 9.34. The van der Waals surface area contributed by atoms with Crippen LogP contribution < -0.4 is 19.5 Å². The van der Waals surface area contributed by atoms with Crippen molar-refractivity contribution in [2.75, 3.05) is 26.1 Å². The molecule has 2 aromatic carbocycles. The molecule has 152 valence electrons. The number of carbonyl (C=O) groups is 1. The highest BCUT2D eigenvalue weighted by atomic mass is 32.2. The average molecular weight is 408 g/mol. The average Bonchev–Trinajstić information content (AvgIpc) is 2.64. The molecule has 3 N–H and O–H groups in total. The van der Waals surface area contributed by atoms with Crippen LogP contribution in [0.5, 0.6) is 11.5 Å². The number of hydrogen-bond acceptors (Lipinski definition) is 6. The predicted molar refractivity (Wildman–Crippen MR) is 105 cm³/mol. The summed E-state index contributed by atoms with van der Waals surface area (Å²) in [5.74, 6) is 0.700. The number of aryl methyl sites for hydroxylation is 1. The summed E-state index contributed by atoms with van der Waals surface area (Å²) in [6.45, 7) is 2.78. The van der Waals surface area contributed by atoms with Crippen LogP contribution in [-0.4, -0.2) is 40.2 Å². The molecule has 0 heterocycles. The van der Waals surface area contributed by atoms with Crippen molar-refractivity contribution < 1.29 is 27.8 Å². The molecule has 0 spiro atoms. The fourth-order valence-electron chi connectivity index (χ4n) is 2.68. The van der Waals surface area contributed by atoms with Crippen LogP contribution in [0.4, 0.5) is 5.69 Å². The van der Waals surface area contributed by atoms with Crippen molar-refractivity contribution in [3.05, 3.63) is 47.5 Å². The molecule has 2 rings (SSSR count). The molecule has 1 unspecified atom stereocenters. The van der Waals surface area contributed by atoms with Crippen LogP contribution in [0.1, 0.15) is 24.2 Å². The second-order valence-corrected chi connectivity index (χ2v) is 7.88. The van der Waals surface area contributed by atoms with E-state index in [0.29, 0.717) is 28.3 Å². The molecule has 1 atom stereocenters. The van der Waals surface area contributed by atoms with Gasteiger partial charge in [-0.3, -0.25) is 4.79 Å². The molecule has 8 nitrogen and oxygen atoms in total. The van der Waals surface area contributed by atoms with E-state index in [-0.39, 0.29) is 17.3 Å². The minimum Gasteiger partial charge on any atom is -0.493 e. The first-order chi connectivity index (χ1) is 13.2. The maximum atomic E-state index is 12.6. The number of hydrogen-bond donors (Lipinski definition) is 3. The van der Waals surface area contributed by atoms with Gasteiger partial charge in [0.2, 0.25) is 15.9 Å². The van der Waals surface area contributed by atoms with Crippen molar-refractivity contribution in [3.63, 3.8) is 0 Å². The summed E-state index contributed by atoms with van der Waals surface area (Å²) in [5, 5.41) is 13.0. The summed E-state index contributed by atoms with van der Waals surface area (Å²) in [7, 11) is -0.868. The van der Waals surface area contributed by atoms with E-state index in [1.165, 1.54) is 33.3 Å². The first-order valence-corrected chi connectivity index (χ1v) is 9.94. The fraction of sp³-hybridized carbons (Fsp3) is 0.316. The molecule has 0 radical (unpaired) electrons. The molecule has 0 aliphatic heterocycles. The SMILES string of the molecule is COc1ccc(C(O)CNS(=O)(=O)c2ccc(NC(C)=O)cc2C)cc1OC. The lowest BCUT2D eigenvalue weighted by Crippen LogP contribution is -2.29. The molecule has 0 aliphatic carbocycles. The van der Waals surface area contributed by atoms with Crippen LogP contribution >= 0.6 is 0 Å². The number of rotatable bonds is 8. The molecule has 0 saturated heterocycles. The molecule has 9 heteroatoms. The fourth-order valence-corrected chi connectivity index (χ4v) is 3.94. The van der Waals surface area contributed by atoms with Gasteiger partial charge in [0, 0.05) is 19.2 Å². The Bertz CT molecular complexity index is 959.